The number of hydrogen-bond donors (Lipinski definition) is 2. The number of aryl methyl sites for hydroxylation is 1. The summed E-state index contributed by atoms with van der Waals surface area (Å²) in [5.74, 6) is 0.943. The van der Waals surface area contributed by atoms with Crippen LogP contribution < -0.4 is 10.6 Å². The van der Waals surface area contributed by atoms with Crippen molar-refractivity contribution in [2.45, 2.75) is 38.6 Å². The molecule has 0 bridgehead atoms. The summed E-state index contributed by atoms with van der Waals surface area (Å²) in [6, 6.07) is 0.818. The van der Waals surface area contributed by atoms with E-state index in [4.69, 9.17) is 0 Å². The van der Waals surface area contributed by atoms with Gasteiger partial charge in [-0.15, -0.1) is 0 Å². The molecule has 1 aromatic rings. The first-order valence-electron chi connectivity index (χ1n) is 5.68. The second kappa shape index (κ2) is 5.42. The van der Waals surface area contributed by atoms with Crippen molar-refractivity contribution in [3.63, 3.8) is 0 Å². The molecule has 0 spiro atoms. The highest BCUT2D eigenvalue weighted by Gasteiger charge is 2.19. The van der Waals surface area contributed by atoms with Crippen LogP contribution in [0.5, 0.6) is 0 Å². The molecule has 1 aromatic heterocycles. The molecule has 1 aliphatic carbocycles. The summed E-state index contributed by atoms with van der Waals surface area (Å²) in [4.78, 5) is 4.35. The molecule has 84 valence electrons. The normalized spacial score (nSPS) is 15.5. The van der Waals surface area contributed by atoms with Crippen LogP contribution in [0, 0.1) is 0 Å². The van der Waals surface area contributed by atoms with E-state index in [0.29, 0.717) is 0 Å². The van der Waals surface area contributed by atoms with Crippen LogP contribution in [-0.4, -0.2) is 28.5 Å². The number of aromatic nitrogens is 2. The Hall–Kier alpha value is -0.680. The molecule has 1 heterocycles. The van der Waals surface area contributed by atoms with Gasteiger partial charge in [0.15, 0.2) is 0 Å². The second-order valence-corrected chi connectivity index (χ2v) is 4.63. The standard InChI is InChI=1S/C10H18N4S/c1-2-9-13-10(15-14-9)12-7-3-6-11-8-4-5-8/h8,11H,2-7H2,1H3,(H,12,13,14). The molecule has 0 atom stereocenters. The largest absolute Gasteiger partial charge is 0.360 e. The minimum atomic E-state index is 0.818. The zero-order valence-electron chi connectivity index (χ0n) is 9.12. The van der Waals surface area contributed by atoms with Gasteiger partial charge < -0.3 is 10.6 Å². The lowest BCUT2D eigenvalue weighted by Gasteiger charge is -2.02. The van der Waals surface area contributed by atoms with Crippen LogP contribution in [0.1, 0.15) is 32.0 Å². The summed E-state index contributed by atoms with van der Waals surface area (Å²) in [6.45, 7) is 4.17. The maximum absolute atomic E-state index is 4.35. The van der Waals surface area contributed by atoms with E-state index in [2.05, 4.69) is 26.9 Å². The number of hydrogen-bond acceptors (Lipinski definition) is 5. The number of nitrogens with zero attached hydrogens (tertiary/aromatic N) is 2. The molecule has 0 radical (unpaired) electrons. The van der Waals surface area contributed by atoms with Gasteiger partial charge >= 0.3 is 0 Å². The number of anilines is 1. The molecule has 2 N–H and O–H groups in total. The first-order valence-corrected chi connectivity index (χ1v) is 6.45. The topological polar surface area (TPSA) is 49.8 Å². The lowest BCUT2D eigenvalue weighted by Crippen LogP contribution is -2.19. The Morgan fingerprint density at radius 1 is 1.40 bits per heavy atom. The molecular formula is C10H18N4S. The first-order chi connectivity index (χ1) is 7.38. The van der Waals surface area contributed by atoms with Crippen LogP contribution in [0.25, 0.3) is 0 Å². The first kappa shape index (κ1) is 10.8. The van der Waals surface area contributed by atoms with Crippen molar-refractivity contribution in [2.24, 2.45) is 0 Å². The van der Waals surface area contributed by atoms with E-state index < -0.39 is 0 Å². The van der Waals surface area contributed by atoms with E-state index >= 15 is 0 Å². The average molecular weight is 226 g/mol. The van der Waals surface area contributed by atoms with E-state index in [-0.39, 0.29) is 0 Å². The van der Waals surface area contributed by atoms with Crippen LogP contribution in [-0.2, 0) is 6.42 Å². The molecule has 0 unspecified atom stereocenters. The van der Waals surface area contributed by atoms with Crippen molar-refractivity contribution in [2.75, 3.05) is 18.4 Å². The minimum absolute atomic E-state index is 0.818. The Morgan fingerprint density at radius 2 is 2.27 bits per heavy atom. The van der Waals surface area contributed by atoms with Gasteiger partial charge in [-0.3, -0.25) is 0 Å². The third-order valence-corrected chi connectivity index (χ3v) is 3.14. The second-order valence-electron chi connectivity index (χ2n) is 3.88. The summed E-state index contributed by atoms with van der Waals surface area (Å²) >= 11 is 1.46. The fourth-order valence-electron chi connectivity index (χ4n) is 1.35. The summed E-state index contributed by atoms with van der Waals surface area (Å²) in [5.41, 5.74) is 0. The van der Waals surface area contributed by atoms with Gasteiger partial charge in [-0.05, 0) is 25.8 Å². The molecule has 5 heteroatoms. The predicted octanol–water partition coefficient (Wildman–Crippen LogP) is 1.65. The van der Waals surface area contributed by atoms with Crippen molar-refractivity contribution >= 4 is 16.7 Å². The third kappa shape index (κ3) is 3.76. The van der Waals surface area contributed by atoms with E-state index in [9.17, 15) is 0 Å². The fourth-order valence-corrected chi connectivity index (χ4v) is 2.02. The van der Waals surface area contributed by atoms with Gasteiger partial charge in [-0.25, -0.2) is 4.98 Å². The minimum Gasteiger partial charge on any atom is -0.360 e. The van der Waals surface area contributed by atoms with Crippen LogP contribution in [0.2, 0.25) is 0 Å². The van der Waals surface area contributed by atoms with Gasteiger partial charge in [0.25, 0.3) is 0 Å². The summed E-state index contributed by atoms with van der Waals surface area (Å²) in [6.07, 6.45) is 4.80. The highest BCUT2D eigenvalue weighted by molar-refractivity contribution is 7.09. The lowest BCUT2D eigenvalue weighted by molar-refractivity contribution is 0.659. The summed E-state index contributed by atoms with van der Waals surface area (Å²) < 4.78 is 4.22. The Labute approximate surface area is 94.7 Å². The SMILES string of the molecule is CCc1nsc(NCCCNC2CC2)n1. The van der Waals surface area contributed by atoms with E-state index in [1.807, 2.05) is 0 Å². The molecule has 0 aliphatic heterocycles. The third-order valence-electron chi connectivity index (χ3n) is 2.42. The summed E-state index contributed by atoms with van der Waals surface area (Å²) in [7, 11) is 0. The van der Waals surface area contributed by atoms with Gasteiger partial charge in [0.2, 0.25) is 5.13 Å². The van der Waals surface area contributed by atoms with Crippen LogP contribution in [0.4, 0.5) is 5.13 Å². The highest BCUT2D eigenvalue weighted by Crippen LogP contribution is 2.18. The van der Waals surface area contributed by atoms with Crippen molar-refractivity contribution in [1.82, 2.24) is 14.7 Å². The number of nitrogens with one attached hydrogen (secondary N) is 2. The van der Waals surface area contributed by atoms with Crippen molar-refractivity contribution in [1.29, 1.82) is 0 Å². The monoisotopic (exact) mass is 226 g/mol. The van der Waals surface area contributed by atoms with Gasteiger partial charge in [0, 0.05) is 30.5 Å². The zero-order valence-corrected chi connectivity index (χ0v) is 9.94. The lowest BCUT2D eigenvalue weighted by atomic mass is 10.4. The molecule has 1 aliphatic rings. The molecule has 1 saturated carbocycles. The van der Waals surface area contributed by atoms with Crippen molar-refractivity contribution in [3.8, 4) is 0 Å². The molecule has 4 nitrogen and oxygen atoms in total. The average Bonchev–Trinajstić information content (AvgIpc) is 2.96. The van der Waals surface area contributed by atoms with E-state index in [1.54, 1.807) is 0 Å². The Morgan fingerprint density at radius 3 is 2.93 bits per heavy atom. The van der Waals surface area contributed by atoms with Crippen molar-refractivity contribution < 1.29 is 0 Å². The smallest absolute Gasteiger partial charge is 0.202 e. The highest BCUT2D eigenvalue weighted by atomic mass is 32.1. The molecule has 15 heavy (non-hydrogen) atoms. The Bertz CT molecular complexity index is 295. The maximum atomic E-state index is 4.35. The quantitative estimate of drug-likeness (QED) is 0.694. The molecule has 1 fully saturated rings. The van der Waals surface area contributed by atoms with Gasteiger partial charge in [0.05, 0.1) is 0 Å². The van der Waals surface area contributed by atoms with Crippen molar-refractivity contribution in [3.05, 3.63) is 5.82 Å². The zero-order chi connectivity index (χ0) is 10.5. The van der Waals surface area contributed by atoms with E-state index in [1.165, 1.54) is 24.4 Å². The fraction of sp³-hybridized carbons (Fsp3) is 0.800. The van der Waals surface area contributed by atoms with Crippen LogP contribution >= 0.6 is 11.5 Å². The maximum Gasteiger partial charge on any atom is 0.202 e. The molecule has 0 aromatic carbocycles. The van der Waals surface area contributed by atoms with Gasteiger partial charge in [-0.2, -0.15) is 4.37 Å². The predicted molar refractivity (Wildman–Crippen MR) is 63.4 cm³/mol. The molecular weight excluding hydrogens is 208 g/mol. The Kier molecular flexibility index (Phi) is 3.91. The van der Waals surface area contributed by atoms with Crippen LogP contribution in [0.3, 0.4) is 0 Å². The molecule has 0 saturated heterocycles. The van der Waals surface area contributed by atoms with E-state index in [0.717, 1.165) is 42.9 Å². The van der Waals surface area contributed by atoms with Gasteiger partial charge in [-0.1, -0.05) is 6.92 Å². The molecule has 0 amide bonds. The molecule has 2 rings (SSSR count). The number of rotatable bonds is 7. The Balaban J connectivity index is 1.56. The van der Waals surface area contributed by atoms with Crippen LogP contribution in [0.15, 0.2) is 0 Å². The summed E-state index contributed by atoms with van der Waals surface area (Å²) in [5, 5.41) is 7.74. The van der Waals surface area contributed by atoms with Gasteiger partial charge in [0.1, 0.15) is 5.82 Å².